The highest BCUT2D eigenvalue weighted by Gasteiger charge is 2.34. The predicted octanol–water partition coefficient (Wildman–Crippen LogP) is 5.54. The van der Waals surface area contributed by atoms with Gasteiger partial charge in [-0.25, -0.2) is 0 Å². The molecule has 0 atom stereocenters. The maximum absolute atomic E-state index is 13.3. The lowest BCUT2D eigenvalue weighted by Gasteiger charge is -2.29. The van der Waals surface area contributed by atoms with Crippen molar-refractivity contribution in [1.29, 1.82) is 0 Å². The van der Waals surface area contributed by atoms with Crippen LogP contribution < -0.4 is 10.2 Å². The molecule has 32 heavy (non-hydrogen) atoms. The van der Waals surface area contributed by atoms with Crippen molar-refractivity contribution < 1.29 is 9.59 Å². The molecule has 0 spiro atoms. The monoisotopic (exact) mass is 483 g/mol. The lowest BCUT2D eigenvalue weighted by molar-refractivity contribution is -0.122. The zero-order valence-corrected chi connectivity index (χ0v) is 19.9. The number of rotatable bonds is 3. The van der Waals surface area contributed by atoms with E-state index in [1.165, 1.54) is 4.90 Å². The van der Waals surface area contributed by atoms with Gasteiger partial charge in [0, 0.05) is 17.1 Å². The third-order valence-corrected chi connectivity index (χ3v) is 6.35. The fourth-order valence-electron chi connectivity index (χ4n) is 3.70. The Morgan fingerprint density at radius 2 is 1.56 bits per heavy atom. The molecule has 0 unspecified atom stereocenters. The van der Waals surface area contributed by atoms with Gasteiger partial charge in [0.15, 0.2) is 5.11 Å². The Bertz CT molecular complexity index is 1310. The van der Waals surface area contributed by atoms with Gasteiger partial charge in [-0.15, -0.1) is 0 Å². The second-order valence-electron chi connectivity index (χ2n) is 7.55. The van der Waals surface area contributed by atoms with E-state index in [4.69, 9.17) is 35.4 Å². The number of thiocarbonyl (C=S) groups is 1. The van der Waals surface area contributed by atoms with E-state index >= 15 is 0 Å². The zero-order chi connectivity index (χ0) is 23.2. The average molecular weight is 484 g/mol. The smallest absolute Gasteiger partial charge is 0.270 e. The maximum atomic E-state index is 13.3. The van der Waals surface area contributed by atoms with Crippen molar-refractivity contribution >= 4 is 64.1 Å². The van der Waals surface area contributed by atoms with Crippen LogP contribution in [0.1, 0.15) is 22.5 Å². The van der Waals surface area contributed by atoms with E-state index in [-0.39, 0.29) is 10.7 Å². The van der Waals surface area contributed by atoms with E-state index < -0.39 is 11.8 Å². The second kappa shape index (κ2) is 8.54. The summed E-state index contributed by atoms with van der Waals surface area (Å²) in [4.78, 5) is 27.2. The van der Waals surface area contributed by atoms with Crippen LogP contribution in [-0.4, -0.2) is 21.5 Å². The van der Waals surface area contributed by atoms with Crippen molar-refractivity contribution in [2.24, 2.45) is 0 Å². The molecule has 1 aromatic heterocycles. The molecular formula is C24H19Cl2N3O2S. The van der Waals surface area contributed by atoms with Crippen LogP contribution in [0.3, 0.4) is 0 Å². The second-order valence-corrected chi connectivity index (χ2v) is 8.75. The Hall–Kier alpha value is -2.93. The van der Waals surface area contributed by atoms with Gasteiger partial charge in [0.25, 0.3) is 11.8 Å². The molecule has 8 heteroatoms. The lowest BCUT2D eigenvalue weighted by Crippen LogP contribution is -2.54. The Morgan fingerprint density at radius 1 is 0.906 bits per heavy atom. The van der Waals surface area contributed by atoms with Gasteiger partial charge in [-0.3, -0.25) is 19.8 Å². The van der Waals surface area contributed by atoms with Crippen LogP contribution in [0.15, 0.2) is 54.1 Å². The van der Waals surface area contributed by atoms with Gasteiger partial charge < -0.3 is 4.57 Å². The highest BCUT2D eigenvalue weighted by Crippen LogP contribution is 2.29. The van der Waals surface area contributed by atoms with Crippen LogP contribution in [-0.2, 0) is 9.59 Å². The fraction of sp³-hybridized carbons (Fsp3) is 0.125. The van der Waals surface area contributed by atoms with E-state index in [2.05, 4.69) is 5.32 Å². The van der Waals surface area contributed by atoms with Gasteiger partial charge in [-0.05, 0) is 81.0 Å². The summed E-state index contributed by atoms with van der Waals surface area (Å²) in [5.41, 5.74) is 5.00. The van der Waals surface area contributed by atoms with Crippen LogP contribution >= 0.6 is 35.4 Å². The van der Waals surface area contributed by atoms with Gasteiger partial charge in [0.05, 0.1) is 15.7 Å². The number of aryl methyl sites for hydroxylation is 2. The molecule has 0 saturated carbocycles. The summed E-state index contributed by atoms with van der Waals surface area (Å²) in [5.74, 6) is -0.996. The molecule has 2 aromatic carbocycles. The van der Waals surface area contributed by atoms with Crippen molar-refractivity contribution in [3.8, 4) is 5.69 Å². The predicted molar refractivity (Wildman–Crippen MR) is 133 cm³/mol. The quantitative estimate of drug-likeness (QED) is 0.302. The lowest BCUT2D eigenvalue weighted by atomic mass is 10.1. The first-order valence-corrected chi connectivity index (χ1v) is 11.0. The van der Waals surface area contributed by atoms with Crippen LogP contribution in [0.25, 0.3) is 11.8 Å². The summed E-state index contributed by atoms with van der Waals surface area (Å²) in [6.45, 7) is 5.81. The van der Waals surface area contributed by atoms with Gasteiger partial charge in [-0.1, -0.05) is 40.9 Å². The molecule has 4 rings (SSSR count). The van der Waals surface area contributed by atoms with Crippen LogP contribution in [0.2, 0.25) is 10.0 Å². The summed E-state index contributed by atoms with van der Waals surface area (Å²) in [5, 5.41) is 3.59. The molecule has 162 valence electrons. The van der Waals surface area contributed by atoms with Crippen LogP contribution in [0, 0.1) is 20.8 Å². The molecule has 5 nitrogen and oxygen atoms in total. The number of benzene rings is 2. The summed E-state index contributed by atoms with van der Waals surface area (Å²) in [6.07, 6.45) is 1.59. The standard InChI is InChI=1S/C24H19Cl2N3O2S/c1-13-4-6-17(7-5-13)29-23(31)19(22(30)27-24(29)32)11-16-10-14(2)28(15(16)3)18-8-9-20(25)21(26)12-18/h4-12H,1-3H3,(H,27,30,32)/b19-11+. The number of nitrogens with one attached hydrogen (secondary N) is 1. The minimum Gasteiger partial charge on any atom is -0.318 e. The number of hydrogen-bond acceptors (Lipinski definition) is 3. The Kier molecular flexibility index (Phi) is 5.95. The molecule has 1 aliphatic rings. The van der Waals surface area contributed by atoms with Gasteiger partial charge in [0.2, 0.25) is 0 Å². The molecule has 0 radical (unpaired) electrons. The first-order chi connectivity index (χ1) is 15.2. The minimum absolute atomic E-state index is 0.00793. The summed E-state index contributed by atoms with van der Waals surface area (Å²) < 4.78 is 1.99. The molecule has 1 aliphatic heterocycles. The van der Waals surface area contributed by atoms with Gasteiger partial charge in [-0.2, -0.15) is 0 Å². The van der Waals surface area contributed by atoms with Crippen molar-refractivity contribution in [3.05, 3.63) is 86.7 Å². The topological polar surface area (TPSA) is 54.3 Å². The largest absolute Gasteiger partial charge is 0.318 e. The average Bonchev–Trinajstić information content (AvgIpc) is 3.01. The molecule has 1 saturated heterocycles. The molecule has 0 aliphatic carbocycles. The van der Waals surface area contributed by atoms with Gasteiger partial charge >= 0.3 is 0 Å². The van der Waals surface area contributed by atoms with E-state index in [1.54, 1.807) is 30.3 Å². The third kappa shape index (κ3) is 3.97. The number of aromatic nitrogens is 1. The van der Waals surface area contributed by atoms with E-state index in [9.17, 15) is 9.59 Å². The van der Waals surface area contributed by atoms with Crippen LogP contribution in [0.5, 0.6) is 0 Å². The number of hydrogen-bond donors (Lipinski definition) is 1. The molecule has 1 fully saturated rings. The Labute approximate surface area is 201 Å². The summed E-state index contributed by atoms with van der Waals surface area (Å²) >= 11 is 17.5. The SMILES string of the molecule is Cc1ccc(N2C(=O)/C(=C/c3cc(C)n(-c4ccc(Cl)c(Cl)c4)c3C)C(=O)NC2=S)cc1. The Morgan fingerprint density at radius 3 is 2.22 bits per heavy atom. The molecule has 1 N–H and O–H groups in total. The molecule has 0 bridgehead atoms. The normalized spacial score (nSPS) is 15.5. The number of carbonyl (C=O) groups is 2. The van der Waals surface area contributed by atoms with Crippen molar-refractivity contribution in [1.82, 2.24) is 9.88 Å². The molecule has 2 heterocycles. The zero-order valence-electron chi connectivity index (χ0n) is 17.6. The first kappa shape index (κ1) is 22.3. The molecular weight excluding hydrogens is 465 g/mol. The maximum Gasteiger partial charge on any atom is 0.270 e. The highest BCUT2D eigenvalue weighted by atomic mass is 35.5. The summed E-state index contributed by atoms with van der Waals surface area (Å²) in [6, 6.07) is 14.6. The fourth-order valence-corrected chi connectivity index (χ4v) is 4.27. The molecule has 2 amide bonds. The van der Waals surface area contributed by atoms with Crippen molar-refractivity contribution in [2.45, 2.75) is 20.8 Å². The van der Waals surface area contributed by atoms with Gasteiger partial charge in [0.1, 0.15) is 5.57 Å². The highest BCUT2D eigenvalue weighted by molar-refractivity contribution is 7.80. The number of nitrogens with zero attached hydrogens (tertiary/aromatic N) is 2. The summed E-state index contributed by atoms with van der Waals surface area (Å²) in [7, 11) is 0. The minimum atomic E-state index is -0.525. The number of carbonyl (C=O) groups excluding carboxylic acids is 2. The van der Waals surface area contributed by atoms with E-state index in [0.29, 0.717) is 15.7 Å². The molecule has 3 aromatic rings. The van der Waals surface area contributed by atoms with E-state index in [1.807, 2.05) is 49.6 Å². The van der Waals surface area contributed by atoms with E-state index in [0.717, 1.165) is 28.2 Å². The number of halogens is 2. The first-order valence-electron chi connectivity index (χ1n) is 9.80. The Balaban J connectivity index is 1.76. The van der Waals surface area contributed by atoms with Crippen LogP contribution in [0.4, 0.5) is 5.69 Å². The number of amides is 2. The number of anilines is 1. The third-order valence-electron chi connectivity index (χ3n) is 5.33. The van der Waals surface area contributed by atoms with Crippen molar-refractivity contribution in [3.63, 3.8) is 0 Å². The van der Waals surface area contributed by atoms with Crippen molar-refractivity contribution in [2.75, 3.05) is 4.90 Å².